The molecule has 2 N–H and O–H groups in total. The molecule has 1 heterocycles. The zero-order chi connectivity index (χ0) is 11.4. The van der Waals surface area contributed by atoms with Crippen LogP contribution in [0.25, 0.3) is 0 Å². The van der Waals surface area contributed by atoms with E-state index in [1.807, 2.05) is 0 Å². The molecule has 0 saturated heterocycles. The molecule has 1 aromatic heterocycles. The maximum atomic E-state index is 5.76. The van der Waals surface area contributed by atoms with Gasteiger partial charge in [-0.15, -0.1) is 0 Å². The molecule has 1 aromatic rings. The zero-order valence-corrected chi connectivity index (χ0v) is 9.43. The van der Waals surface area contributed by atoms with Crippen LogP contribution < -0.4 is 10.5 Å². The van der Waals surface area contributed by atoms with Gasteiger partial charge in [0.25, 0.3) is 0 Å². The lowest BCUT2D eigenvalue weighted by molar-refractivity contribution is 0.0197. The van der Waals surface area contributed by atoms with Gasteiger partial charge in [0, 0.05) is 13.5 Å². The number of rotatable bonds is 3. The molecule has 1 saturated carbocycles. The van der Waals surface area contributed by atoms with E-state index in [0.717, 1.165) is 25.7 Å². The Morgan fingerprint density at radius 2 is 2.19 bits per heavy atom. The van der Waals surface area contributed by atoms with Crippen LogP contribution in [-0.2, 0) is 4.74 Å². The van der Waals surface area contributed by atoms with Crippen molar-refractivity contribution in [2.24, 2.45) is 0 Å². The molecule has 2 unspecified atom stereocenters. The van der Waals surface area contributed by atoms with Crippen LogP contribution in [0, 0.1) is 0 Å². The third-order valence-corrected chi connectivity index (χ3v) is 2.89. The predicted octanol–water partition coefficient (Wildman–Crippen LogP) is 1.40. The maximum absolute atomic E-state index is 5.76. The molecule has 2 atom stereocenters. The van der Waals surface area contributed by atoms with Crippen molar-refractivity contribution in [3.63, 3.8) is 0 Å². The average Bonchev–Trinajstić information content (AvgIpc) is 2.32. The first-order chi connectivity index (χ1) is 7.79. The van der Waals surface area contributed by atoms with Crippen molar-refractivity contribution in [1.29, 1.82) is 0 Å². The van der Waals surface area contributed by atoms with Crippen molar-refractivity contribution in [2.75, 3.05) is 12.8 Å². The van der Waals surface area contributed by atoms with Gasteiger partial charge in [0.1, 0.15) is 18.1 Å². The summed E-state index contributed by atoms with van der Waals surface area (Å²) in [4.78, 5) is 7.85. The van der Waals surface area contributed by atoms with Crippen LogP contribution in [-0.4, -0.2) is 29.3 Å². The molecule has 0 spiro atoms. The molecule has 88 valence electrons. The summed E-state index contributed by atoms with van der Waals surface area (Å²) in [6.07, 6.45) is 7.60. The van der Waals surface area contributed by atoms with Gasteiger partial charge in [-0.2, -0.15) is 4.98 Å². The van der Waals surface area contributed by atoms with E-state index in [9.17, 15) is 0 Å². The van der Waals surface area contributed by atoms with Crippen LogP contribution in [0.5, 0.6) is 5.88 Å². The molecule has 16 heavy (non-hydrogen) atoms. The summed E-state index contributed by atoms with van der Waals surface area (Å²) in [5, 5.41) is 0. The molecule has 1 fully saturated rings. The standard InChI is InChI=1S/C11H17N3O2/c1-15-8-3-2-4-9(5-8)16-11-10(12)6-13-7-14-11/h6-9H,2-5,12H2,1H3. The molecule has 2 rings (SSSR count). The Hall–Kier alpha value is -1.36. The highest BCUT2D eigenvalue weighted by molar-refractivity contribution is 5.44. The first kappa shape index (κ1) is 11.1. The minimum absolute atomic E-state index is 0.149. The van der Waals surface area contributed by atoms with Crippen LogP contribution in [0.15, 0.2) is 12.5 Å². The Morgan fingerprint density at radius 1 is 1.38 bits per heavy atom. The lowest BCUT2D eigenvalue weighted by Crippen LogP contribution is -2.29. The summed E-state index contributed by atoms with van der Waals surface area (Å²) >= 11 is 0. The SMILES string of the molecule is COC1CCCC(Oc2ncncc2N)C1. The van der Waals surface area contributed by atoms with Crippen molar-refractivity contribution >= 4 is 5.69 Å². The van der Waals surface area contributed by atoms with Crippen molar-refractivity contribution in [2.45, 2.75) is 37.9 Å². The topological polar surface area (TPSA) is 70.3 Å². The fourth-order valence-electron chi connectivity index (χ4n) is 2.01. The third-order valence-electron chi connectivity index (χ3n) is 2.89. The number of nitrogen functional groups attached to an aromatic ring is 1. The monoisotopic (exact) mass is 223 g/mol. The Morgan fingerprint density at radius 3 is 2.94 bits per heavy atom. The normalized spacial score (nSPS) is 25.3. The molecule has 0 aliphatic heterocycles. The van der Waals surface area contributed by atoms with Crippen LogP contribution in [0.2, 0.25) is 0 Å². The Balaban J connectivity index is 1.97. The van der Waals surface area contributed by atoms with E-state index < -0.39 is 0 Å². The van der Waals surface area contributed by atoms with Crippen LogP contribution in [0.4, 0.5) is 5.69 Å². The second kappa shape index (κ2) is 5.12. The van der Waals surface area contributed by atoms with E-state index in [2.05, 4.69) is 9.97 Å². The van der Waals surface area contributed by atoms with Gasteiger partial charge >= 0.3 is 0 Å². The lowest BCUT2D eigenvalue weighted by Gasteiger charge is -2.28. The number of methoxy groups -OCH3 is 1. The van der Waals surface area contributed by atoms with Crippen molar-refractivity contribution in [1.82, 2.24) is 9.97 Å². The molecular formula is C11H17N3O2. The molecule has 0 amide bonds. The van der Waals surface area contributed by atoms with E-state index >= 15 is 0 Å². The van der Waals surface area contributed by atoms with E-state index in [0.29, 0.717) is 17.7 Å². The molecule has 5 heteroatoms. The predicted molar refractivity (Wildman–Crippen MR) is 60.1 cm³/mol. The summed E-state index contributed by atoms with van der Waals surface area (Å²) in [5.41, 5.74) is 6.21. The van der Waals surface area contributed by atoms with Gasteiger partial charge in [0.05, 0.1) is 12.3 Å². The smallest absolute Gasteiger partial charge is 0.240 e. The zero-order valence-electron chi connectivity index (χ0n) is 9.43. The third kappa shape index (κ3) is 2.61. The van der Waals surface area contributed by atoms with E-state index in [-0.39, 0.29) is 6.10 Å². The second-order valence-electron chi connectivity index (χ2n) is 4.05. The summed E-state index contributed by atoms with van der Waals surface area (Å²) < 4.78 is 11.1. The van der Waals surface area contributed by atoms with Crippen molar-refractivity contribution in [3.05, 3.63) is 12.5 Å². The van der Waals surface area contributed by atoms with Gasteiger partial charge in [-0.1, -0.05) is 0 Å². The second-order valence-corrected chi connectivity index (χ2v) is 4.05. The van der Waals surface area contributed by atoms with E-state index in [1.54, 1.807) is 13.3 Å². The molecule has 0 radical (unpaired) electrons. The molecular weight excluding hydrogens is 206 g/mol. The molecule has 0 aromatic carbocycles. The highest BCUT2D eigenvalue weighted by Crippen LogP contribution is 2.26. The van der Waals surface area contributed by atoms with Crippen LogP contribution in [0.3, 0.4) is 0 Å². The highest BCUT2D eigenvalue weighted by Gasteiger charge is 2.23. The Kier molecular flexibility index (Phi) is 3.56. The Labute approximate surface area is 95.0 Å². The van der Waals surface area contributed by atoms with Gasteiger partial charge in [-0.3, -0.25) is 0 Å². The first-order valence-electron chi connectivity index (χ1n) is 5.54. The lowest BCUT2D eigenvalue weighted by atomic mass is 9.95. The molecule has 5 nitrogen and oxygen atoms in total. The van der Waals surface area contributed by atoms with E-state index in [4.69, 9.17) is 15.2 Å². The maximum Gasteiger partial charge on any atom is 0.240 e. The molecule has 1 aliphatic carbocycles. The molecule has 0 bridgehead atoms. The van der Waals surface area contributed by atoms with Gasteiger partial charge < -0.3 is 15.2 Å². The van der Waals surface area contributed by atoms with Crippen LogP contribution in [0.1, 0.15) is 25.7 Å². The van der Waals surface area contributed by atoms with E-state index in [1.165, 1.54) is 6.33 Å². The minimum atomic E-state index is 0.149. The minimum Gasteiger partial charge on any atom is -0.473 e. The van der Waals surface area contributed by atoms with Gasteiger partial charge in [0.15, 0.2) is 0 Å². The number of hydrogen-bond donors (Lipinski definition) is 1. The number of nitrogens with zero attached hydrogens (tertiary/aromatic N) is 2. The molecule has 1 aliphatic rings. The quantitative estimate of drug-likeness (QED) is 0.838. The van der Waals surface area contributed by atoms with Gasteiger partial charge in [-0.25, -0.2) is 4.98 Å². The Bertz CT molecular complexity index is 346. The van der Waals surface area contributed by atoms with Crippen LogP contribution >= 0.6 is 0 Å². The van der Waals surface area contributed by atoms with Crippen molar-refractivity contribution < 1.29 is 9.47 Å². The highest BCUT2D eigenvalue weighted by atomic mass is 16.5. The number of anilines is 1. The largest absolute Gasteiger partial charge is 0.473 e. The number of hydrogen-bond acceptors (Lipinski definition) is 5. The average molecular weight is 223 g/mol. The summed E-state index contributed by atoms with van der Waals surface area (Å²) in [6, 6.07) is 0. The van der Waals surface area contributed by atoms with Gasteiger partial charge in [0.2, 0.25) is 5.88 Å². The van der Waals surface area contributed by atoms with Crippen molar-refractivity contribution in [3.8, 4) is 5.88 Å². The fourth-order valence-corrected chi connectivity index (χ4v) is 2.01. The number of aromatic nitrogens is 2. The van der Waals surface area contributed by atoms with Gasteiger partial charge in [-0.05, 0) is 19.3 Å². The fraction of sp³-hybridized carbons (Fsp3) is 0.636. The summed E-state index contributed by atoms with van der Waals surface area (Å²) in [7, 11) is 1.74. The first-order valence-corrected chi connectivity index (χ1v) is 5.54. The summed E-state index contributed by atoms with van der Waals surface area (Å²) in [5.74, 6) is 0.483. The summed E-state index contributed by atoms with van der Waals surface area (Å²) in [6.45, 7) is 0. The number of nitrogens with two attached hydrogens (primary N) is 1. The number of ether oxygens (including phenoxy) is 2.